The Labute approximate surface area is 227 Å². The zero-order valence-electron chi connectivity index (χ0n) is 22.2. The second-order valence-corrected chi connectivity index (χ2v) is 10.7. The highest BCUT2D eigenvalue weighted by atomic mass is 16.2. The Morgan fingerprint density at radius 3 is 2.49 bits per heavy atom. The topological polar surface area (TPSA) is 130 Å². The molecule has 1 aromatic heterocycles. The fourth-order valence-corrected chi connectivity index (χ4v) is 4.89. The van der Waals surface area contributed by atoms with Crippen molar-refractivity contribution in [3.05, 3.63) is 83.9 Å². The highest BCUT2D eigenvalue weighted by Crippen LogP contribution is 2.32. The lowest BCUT2D eigenvalue weighted by Crippen LogP contribution is -2.48. The maximum atomic E-state index is 13.8. The number of aryl methyl sites for hydroxylation is 1. The first-order chi connectivity index (χ1) is 18.8. The van der Waals surface area contributed by atoms with Crippen LogP contribution < -0.4 is 16.0 Å². The average molecular weight is 524 g/mol. The normalized spacial score (nSPS) is 15.5. The lowest BCUT2D eigenvalue weighted by atomic mass is 9.98. The minimum atomic E-state index is -0.591. The van der Waals surface area contributed by atoms with Crippen molar-refractivity contribution in [3.63, 3.8) is 0 Å². The molecular weight excluding hydrogens is 490 g/mol. The van der Waals surface area contributed by atoms with Gasteiger partial charge < -0.3 is 16.0 Å². The first-order valence-electron chi connectivity index (χ1n) is 13.2. The second kappa shape index (κ2) is 11.2. The number of aromatic amines is 1. The highest BCUT2D eigenvalue weighted by molar-refractivity contribution is 6.00. The fraction of sp³-hybridized carbons (Fsp3) is 0.300. The van der Waals surface area contributed by atoms with Gasteiger partial charge in [0.2, 0.25) is 17.6 Å². The number of para-hydroxylation sites is 1. The summed E-state index contributed by atoms with van der Waals surface area (Å²) < 4.78 is 0. The summed E-state index contributed by atoms with van der Waals surface area (Å²) >= 11 is 0. The quantitative estimate of drug-likeness (QED) is 0.320. The summed E-state index contributed by atoms with van der Waals surface area (Å²) in [5.41, 5.74) is 11.5. The first-order valence-corrected chi connectivity index (χ1v) is 13.2. The van der Waals surface area contributed by atoms with E-state index in [2.05, 4.69) is 32.0 Å². The van der Waals surface area contributed by atoms with E-state index in [1.54, 1.807) is 4.90 Å². The summed E-state index contributed by atoms with van der Waals surface area (Å²) in [5.74, 6) is 0.277. The molecule has 0 radical (unpaired) electrons. The van der Waals surface area contributed by atoms with Crippen LogP contribution in [0.2, 0.25) is 0 Å². The molecular formula is C30H33N7O2. The SMILES string of the molecule is CC(C)(N)CCC(=O)N[C@@H]1CCc2ccccc2N(Cc2ccc(-c3ccccc3-c3nn[nH]n3)cc2)C1=O. The molecule has 0 fully saturated rings. The smallest absolute Gasteiger partial charge is 0.249 e. The van der Waals surface area contributed by atoms with E-state index in [9.17, 15) is 9.59 Å². The summed E-state index contributed by atoms with van der Waals surface area (Å²) in [7, 11) is 0. The van der Waals surface area contributed by atoms with Crippen molar-refractivity contribution >= 4 is 17.5 Å². The molecule has 4 aromatic rings. The number of nitrogens with zero attached hydrogens (tertiary/aromatic N) is 4. The number of benzene rings is 3. The Morgan fingerprint density at radius 1 is 1.05 bits per heavy atom. The Kier molecular flexibility index (Phi) is 7.51. The molecule has 9 nitrogen and oxygen atoms in total. The van der Waals surface area contributed by atoms with Crippen LogP contribution in [0.15, 0.2) is 72.8 Å². The first kappa shape index (κ1) is 26.2. The zero-order chi connectivity index (χ0) is 27.4. The van der Waals surface area contributed by atoms with E-state index < -0.39 is 11.6 Å². The van der Waals surface area contributed by atoms with Gasteiger partial charge in [0.15, 0.2) is 0 Å². The molecule has 2 amide bonds. The van der Waals surface area contributed by atoms with E-state index in [-0.39, 0.29) is 18.2 Å². The van der Waals surface area contributed by atoms with Gasteiger partial charge in [-0.15, -0.1) is 10.2 Å². The molecule has 9 heteroatoms. The Morgan fingerprint density at radius 2 is 1.77 bits per heavy atom. The van der Waals surface area contributed by atoms with Crippen LogP contribution in [0, 0.1) is 0 Å². The van der Waals surface area contributed by atoms with Crippen LogP contribution in [0.3, 0.4) is 0 Å². The predicted molar refractivity (Wildman–Crippen MR) is 150 cm³/mol. The molecule has 3 aromatic carbocycles. The number of aromatic nitrogens is 4. The van der Waals surface area contributed by atoms with E-state index in [1.807, 2.05) is 80.6 Å². The van der Waals surface area contributed by atoms with Crippen LogP contribution >= 0.6 is 0 Å². The standard InChI is InChI=1S/C30H33N7O2/c1-30(2,31)18-17-27(38)32-25-16-15-22-7-3-6-10-26(22)37(29(25)39)19-20-11-13-21(14-12-20)23-8-4-5-9-24(23)28-33-35-36-34-28/h3-14,25H,15-19,31H2,1-2H3,(H,32,38)(H,33,34,35,36)/t25-/m1/s1. The van der Waals surface area contributed by atoms with Gasteiger partial charge in [-0.1, -0.05) is 66.7 Å². The number of fused-ring (bicyclic) bond motifs is 1. The van der Waals surface area contributed by atoms with Crippen molar-refractivity contribution in [2.24, 2.45) is 5.73 Å². The maximum absolute atomic E-state index is 13.8. The molecule has 0 saturated carbocycles. The van der Waals surface area contributed by atoms with Crippen LogP contribution in [0.1, 0.15) is 44.2 Å². The van der Waals surface area contributed by atoms with Gasteiger partial charge in [0.05, 0.1) is 6.54 Å². The number of anilines is 1. The molecule has 200 valence electrons. The van der Waals surface area contributed by atoms with Gasteiger partial charge in [-0.25, -0.2) is 0 Å². The molecule has 39 heavy (non-hydrogen) atoms. The highest BCUT2D eigenvalue weighted by Gasteiger charge is 2.31. The Hall–Kier alpha value is -4.37. The number of H-pyrrole nitrogens is 1. The number of carbonyl (C=O) groups excluding carboxylic acids is 2. The van der Waals surface area contributed by atoms with Crippen LogP contribution in [0.5, 0.6) is 0 Å². The third kappa shape index (κ3) is 6.21. The monoisotopic (exact) mass is 523 g/mol. The van der Waals surface area contributed by atoms with E-state index >= 15 is 0 Å². The Bertz CT molecular complexity index is 1440. The van der Waals surface area contributed by atoms with Crippen molar-refractivity contribution in [2.75, 3.05) is 4.90 Å². The number of hydrogen-bond acceptors (Lipinski definition) is 6. The molecule has 0 bridgehead atoms. The maximum Gasteiger partial charge on any atom is 0.249 e. The molecule has 2 heterocycles. The minimum Gasteiger partial charge on any atom is -0.344 e. The number of nitrogens with one attached hydrogen (secondary N) is 2. The van der Waals surface area contributed by atoms with Gasteiger partial charge in [0.25, 0.3) is 0 Å². The summed E-state index contributed by atoms with van der Waals surface area (Å²) in [5, 5.41) is 17.4. The predicted octanol–water partition coefficient (Wildman–Crippen LogP) is 4.02. The van der Waals surface area contributed by atoms with Gasteiger partial charge in [-0.3, -0.25) is 9.59 Å². The number of amides is 2. The fourth-order valence-electron chi connectivity index (χ4n) is 4.89. The summed E-state index contributed by atoms with van der Waals surface area (Å²) in [4.78, 5) is 28.3. The number of hydrogen-bond donors (Lipinski definition) is 3. The summed E-state index contributed by atoms with van der Waals surface area (Å²) in [6.45, 7) is 4.18. The van der Waals surface area contributed by atoms with E-state index in [1.165, 1.54) is 0 Å². The largest absolute Gasteiger partial charge is 0.344 e. The molecule has 0 saturated heterocycles. The van der Waals surface area contributed by atoms with Crippen molar-refractivity contribution in [1.29, 1.82) is 0 Å². The van der Waals surface area contributed by atoms with Crippen LogP contribution in [0.25, 0.3) is 22.5 Å². The summed E-state index contributed by atoms with van der Waals surface area (Å²) in [6.07, 6.45) is 2.09. The molecule has 0 unspecified atom stereocenters. The third-order valence-corrected chi connectivity index (χ3v) is 7.00. The average Bonchev–Trinajstić information content (AvgIpc) is 3.44. The van der Waals surface area contributed by atoms with Gasteiger partial charge in [-0.05, 0) is 66.6 Å². The van der Waals surface area contributed by atoms with Crippen LogP contribution in [-0.2, 0) is 22.6 Å². The second-order valence-electron chi connectivity index (χ2n) is 10.7. The van der Waals surface area contributed by atoms with E-state index in [0.29, 0.717) is 31.6 Å². The number of rotatable bonds is 8. The van der Waals surface area contributed by atoms with Crippen molar-refractivity contribution in [2.45, 2.75) is 57.7 Å². The van der Waals surface area contributed by atoms with Crippen molar-refractivity contribution < 1.29 is 9.59 Å². The molecule has 5 rings (SSSR count). The molecule has 4 N–H and O–H groups in total. The number of tetrazole rings is 1. The van der Waals surface area contributed by atoms with Gasteiger partial charge in [0, 0.05) is 23.2 Å². The molecule has 0 spiro atoms. The third-order valence-electron chi connectivity index (χ3n) is 7.00. The molecule has 1 aliphatic rings. The van der Waals surface area contributed by atoms with Gasteiger partial charge in [0.1, 0.15) is 6.04 Å². The number of nitrogens with two attached hydrogens (primary N) is 1. The van der Waals surface area contributed by atoms with E-state index in [0.717, 1.165) is 33.5 Å². The van der Waals surface area contributed by atoms with Gasteiger partial charge >= 0.3 is 0 Å². The molecule has 1 atom stereocenters. The van der Waals surface area contributed by atoms with Crippen LogP contribution in [0.4, 0.5) is 5.69 Å². The molecule has 0 aliphatic carbocycles. The lowest BCUT2D eigenvalue weighted by Gasteiger charge is -2.27. The lowest BCUT2D eigenvalue weighted by molar-refractivity contribution is -0.127. The van der Waals surface area contributed by atoms with Crippen LogP contribution in [-0.4, -0.2) is 44.0 Å². The van der Waals surface area contributed by atoms with Gasteiger partial charge in [-0.2, -0.15) is 5.21 Å². The van der Waals surface area contributed by atoms with Crippen molar-refractivity contribution in [3.8, 4) is 22.5 Å². The van der Waals surface area contributed by atoms with Crippen molar-refractivity contribution in [1.82, 2.24) is 25.9 Å². The Balaban J connectivity index is 1.37. The number of carbonyl (C=O) groups is 2. The minimum absolute atomic E-state index is 0.105. The summed E-state index contributed by atoms with van der Waals surface area (Å²) in [6, 6.07) is 23.4. The van der Waals surface area contributed by atoms with E-state index in [4.69, 9.17) is 5.73 Å². The molecule has 1 aliphatic heterocycles. The zero-order valence-corrected chi connectivity index (χ0v) is 22.2.